The highest BCUT2D eigenvalue weighted by molar-refractivity contribution is 9.10. The van der Waals surface area contributed by atoms with Crippen LogP contribution in [0.4, 0.5) is 0 Å². The van der Waals surface area contributed by atoms with Crippen LogP contribution >= 0.6 is 15.9 Å². The lowest BCUT2D eigenvalue weighted by Gasteiger charge is -2.26. The van der Waals surface area contributed by atoms with Crippen LogP contribution in [0.1, 0.15) is 38.7 Å². The number of aromatic amines is 1. The highest BCUT2D eigenvalue weighted by Gasteiger charge is 2.37. The zero-order chi connectivity index (χ0) is 21.5. The second-order valence-corrected chi connectivity index (χ2v) is 8.32. The number of halogens is 1. The Morgan fingerprint density at radius 2 is 1.94 bits per heavy atom. The zero-order valence-corrected chi connectivity index (χ0v) is 17.8. The largest absolute Gasteiger partial charge is 0.417 e. The lowest BCUT2D eigenvalue weighted by Crippen LogP contribution is -2.29. The first-order valence-corrected chi connectivity index (χ1v) is 10.5. The van der Waals surface area contributed by atoms with Gasteiger partial charge in [0, 0.05) is 16.6 Å². The summed E-state index contributed by atoms with van der Waals surface area (Å²) in [5.74, 6) is -0.561. The monoisotopic (exact) mass is 473 g/mol. The van der Waals surface area contributed by atoms with Crippen molar-refractivity contribution in [1.82, 2.24) is 9.88 Å². The Balaban J connectivity index is 1.55. The molecule has 0 spiro atoms. The fraction of sp³-hybridized carbons (Fsp3) is 0.125. The van der Waals surface area contributed by atoms with E-state index in [2.05, 4.69) is 27.0 Å². The fourth-order valence-electron chi connectivity index (χ4n) is 4.20. The summed E-state index contributed by atoms with van der Waals surface area (Å²) in [4.78, 5) is 29.2. The van der Waals surface area contributed by atoms with Gasteiger partial charge in [-0.25, -0.2) is 4.79 Å². The second kappa shape index (κ2) is 7.56. The third-order valence-corrected chi connectivity index (χ3v) is 6.41. The standard InChI is InChI=1S/C24H16BrN3O3/c25-19-7-3-4-15(12-26)18(19)11-21-16-5-1-2-6-17(16)23(29)28(21)13-14-8-9-20-22(10-14)31-24(30)27-20/h1-10,21H,11,13H2,(H,27,30). The molecule has 1 aliphatic rings. The van der Waals surface area contributed by atoms with E-state index in [1.54, 1.807) is 18.2 Å². The molecular formula is C24H16BrN3O3. The van der Waals surface area contributed by atoms with Crippen molar-refractivity contribution in [3.05, 3.63) is 104 Å². The maximum atomic E-state index is 13.3. The number of nitrogens with one attached hydrogen (secondary N) is 1. The van der Waals surface area contributed by atoms with Gasteiger partial charge >= 0.3 is 5.76 Å². The number of fused-ring (bicyclic) bond motifs is 2. The highest BCUT2D eigenvalue weighted by atomic mass is 79.9. The molecule has 1 N–H and O–H groups in total. The number of carbonyl (C=O) groups is 1. The number of oxazole rings is 1. The van der Waals surface area contributed by atoms with Crippen LogP contribution in [0.2, 0.25) is 0 Å². The number of nitrogens with zero attached hydrogens (tertiary/aromatic N) is 2. The summed E-state index contributed by atoms with van der Waals surface area (Å²) in [6.07, 6.45) is 0.508. The summed E-state index contributed by atoms with van der Waals surface area (Å²) in [5, 5.41) is 9.58. The summed E-state index contributed by atoms with van der Waals surface area (Å²) < 4.78 is 6.02. The van der Waals surface area contributed by atoms with E-state index in [1.165, 1.54) is 0 Å². The maximum Gasteiger partial charge on any atom is 0.417 e. The summed E-state index contributed by atoms with van der Waals surface area (Å²) in [6.45, 7) is 0.356. The van der Waals surface area contributed by atoms with Crippen molar-refractivity contribution in [3.8, 4) is 6.07 Å². The van der Waals surface area contributed by atoms with Crippen molar-refractivity contribution < 1.29 is 9.21 Å². The summed E-state index contributed by atoms with van der Waals surface area (Å²) in [7, 11) is 0. The molecule has 6 nitrogen and oxygen atoms in total. The van der Waals surface area contributed by atoms with Crippen molar-refractivity contribution >= 4 is 32.9 Å². The molecule has 0 saturated heterocycles. The first kappa shape index (κ1) is 19.3. The molecule has 1 amide bonds. The van der Waals surface area contributed by atoms with Crippen molar-refractivity contribution in [2.24, 2.45) is 0 Å². The molecule has 4 aromatic rings. The first-order valence-electron chi connectivity index (χ1n) is 9.74. The summed E-state index contributed by atoms with van der Waals surface area (Å²) in [6, 6.07) is 20.6. The molecular weight excluding hydrogens is 458 g/mol. The van der Waals surface area contributed by atoms with Gasteiger partial charge in [-0.1, -0.05) is 46.3 Å². The van der Waals surface area contributed by atoms with Gasteiger partial charge in [-0.05, 0) is 53.4 Å². The molecule has 0 saturated carbocycles. The van der Waals surface area contributed by atoms with Gasteiger partial charge in [0.25, 0.3) is 5.91 Å². The molecule has 0 bridgehead atoms. The van der Waals surface area contributed by atoms with Crippen LogP contribution in [0.3, 0.4) is 0 Å². The minimum Gasteiger partial charge on any atom is -0.408 e. The molecule has 31 heavy (non-hydrogen) atoms. The Labute approximate surface area is 185 Å². The van der Waals surface area contributed by atoms with Gasteiger partial charge in [-0.2, -0.15) is 5.26 Å². The molecule has 3 aromatic carbocycles. The topological polar surface area (TPSA) is 90.1 Å². The van der Waals surface area contributed by atoms with Crippen LogP contribution in [0.25, 0.3) is 11.1 Å². The SMILES string of the molecule is N#Cc1cccc(Br)c1CC1c2ccccc2C(=O)N1Cc1ccc2[nH]c(=O)oc2c1. The molecule has 2 heterocycles. The quantitative estimate of drug-likeness (QED) is 0.465. The Morgan fingerprint density at radius 3 is 2.77 bits per heavy atom. The maximum absolute atomic E-state index is 13.3. The van der Waals surface area contributed by atoms with E-state index in [1.807, 2.05) is 47.4 Å². The highest BCUT2D eigenvalue weighted by Crippen LogP contribution is 2.39. The Bertz CT molecular complexity index is 1430. The van der Waals surface area contributed by atoms with Crippen molar-refractivity contribution in [1.29, 1.82) is 5.26 Å². The van der Waals surface area contributed by atoms with Gasteiger partial charge in [0.2, 0.25) is 0 Å². The molecule has 0 aliphatic carbocycles. The Kier molecular flexibility index (Phi) is 4.72. The Hall–Kier alpha value is -3.63. The van der Waals surface area contributed by atoms with Crippen molar-refractivity contribution in [2.75, 3.05) is 0 Å². The molecule has 0 radical (unpaired) electrons. The lowest BCUT2D eigenvalue weighted by atomic mass is 9.95. The van der Waals surface area contributed by atoms with E-state index in [4.69, 9.17) is 4.42 Å². The van der Waals surface area contributed by atoms with Gasteiger partial charge in [0.15, 0.2) is 5.58 Å². The number of nitriles is 1. The zero-order valence-electron chi connectivity index (χ0n) is 16.3. The van der Waals surface area contributed by atoms with E-state index < -0.39 is 5.76 Å². The summed E-state index contributed by atoms with van der Waals surface area (Å²) in [5.41, 5.74) is 5.01. The molecule has 1 atom stereocenters. The minimum absolute atomic E-state index is 0.0539. The van der Waals surface area contributed by atoms with Gasteiger partial charge < -0.3 is 9.32 Å². The number of benzene rings is 3. The predicted octanol–water partition coefficient (Wildman–Crippen LogP) is 4.70. The number of rotatable bonds is 4. The van der Waals surface area contributed by atoms with Crippen molar-refractivity contribution in [3.63, 3.8) is 0 Å². The average molecular weight is 474 g/mol. The van der Waals surface area contributed by atoms with Gasteiger partial charge in [-0.15, -0.1) is 0 Å². The molecule has 5 rings (SSSR count). The number of carbonyl (C=O) groups excluding carboxylic acids is 1. The van der Waals surface area contributed by atoms with Crippen LogP contribution in [-0.4, -0.2) is 15.8 Å². The van der Waals surface area contributed by atoms with Crippen LogP contribution in [0.15, 0.2) is 74.3 Å². The number of hydrogen-bond acceptors (Lipinski definition) is 4. The van der Waals surface area contributed by atoms with Crippen LogP contribution in [0, 0.1) is 11.3 Å². The van der Waals surface area contributed by atoms with E-state index in [9.17, 15) is 14.9 Å². The fourth-order valence-corrected chi connectivity index (χ4v) is 4.73. The lowest BCUT2D eigenvalue weighted by molar-refractivity contribution is 0.0709. The molecule has 0 fully saturated rings. The second-order valence-electron chi connectivity index (χ2n) is 7.46. The molecule has 1 aliphatic heterocycles. The normalized spacial score (nSPS) is 15.3. The van der Waals surface area contributed by atoms with E-state index >= 15 is 0 Å². The molecule has 7 heteroatoms. The number of aromatic nitrogens is 1. The van der Waals surface area contributed by atoms with E-state index in [0.717, 1.165) is 21.2 Å². The van der Waals surface area contributed by atoms with Crippen molar-refractivity contribution in [2.45, 2.75) is 19.0 Å². The van der Waals surface area contributed by atoms with Crippen LogP contribution in [-0.2, 0) is 13.0 Å². The average Bonchev–Trinajstić information content (AvgIpc) is 3.27. The number of amides is 1. The number of hydrogen-bond donors (Lipinski definition) is 1. The predicted molar refractivity (Wildman–Crippen MR) is 118 cm³/mol. The van der Waals surface area contributed by atoms with Gasteiger partial charge in [0.05, 0.1) is 23.2 Å². The third kappa shape index (κ3) is 3.35. The summed E-state index contributed by atoms with van der Waals surface area (Å²) >= 11 is 3.57. The molecule has 1 unspecified atom stereocenters. The van der Waals surface area contributed by atoms with Crippen LogP contribution in [0.5, 0.6) is 0 Å². The smallest absolute Gasteiger partial charge is 0.408 e. The first-order chi connectivity index (χ1) is 15.0. The van der Waals surface area contributed by atoms with E-state index in [0.29, 0.717) is 35.2 Å². The number of H-pyrrole nitrogens is 1. The molecule has 1 aromatic heterocycles. The minimum atomic E-state index is -0.507. The Morgan fingerprint density at radius 1 is 1.10 bits per heavy atom. The molecule has 152 valence electrons. The van der Waals surface area contributed by atoms with Crippen LogP contribution < -0.4 is 5.76 Å². The van der Waals surface area contributed by atoms with E-state index in [-0.39, 0.29) is 11.9 Å². The van der Waals surface area contributed by atoms with Gasteiger partial charge in [-0.3, -0.25) is 9.78 Å². The van der Waals surface area contributed by atoms with Gasteiger partial charge in [0.1, 0.15) is 0 Å². The third-order valence-electron chi connectivity index (χ3n) is 5.66.